The second-order valence-corrected chi connectivity index (χ2v) is 18.7. The van der Waals surface area contributed by atoms with Gasteiger partial charge in [-0.25, -0.2) is 9.59 Å². The van der Waals surface area contributed by atoms with Crippen molar-refractivity contribution in [3.63, 3.8) is 0 Å². The van der Waals surface area contributed by atoms with E-state index in [1.807, 2.05) is 26.8 Å². The molecule has 4 aromatic carbocycles. The Bertz CT molecular complexity index is 2530. The minimum Gasteiger partial charge on any atom is -0.483 e. The van der Waals surface area contributed by atoms with Gasteiger partial charge in [-0.2, -0.15) is 0 Å². The first kappa shape index (κ1) is 41.9. The molecule has 5 aromatic rings. The Morgan fingerprint density at radius 1 is 0.774 bits per heavy atom. The van der Waals surface area contributed by atoms with Gasteiger partial charge in [-0.15, -0.1) is 0 Å². The molecule has 0 saturated heterocycles. The largest absolute Gasteiger partial charge is 0.483 e. The monoisotopic (exact) mass is 834 g/mol. The summed E-state index contributed by atoms with van der Waals surface area (Å²) in [7, 11) is 0. The number of benzene rings is 4. The van der Waals surface area contributed by atoms with Crippen molar-refractivity contribution < 1.29 is 33.3 Å². The summed E-state index contributed by atoms with van der Waals surface area (Å²) in [5, 5.41) is 10.9. The van der Waals surface area contributed by atoms with Crippen molar-refractivity contribution in [2.75, 3.05) is 0 Å². The fourth-order valence-corrected chi connectivity index (χ4v) is 11.2. The topological polar surface area (TPSA) is 112 Å². The molecule has 5 aliphatic rings. The number of ether oxygens (including phenoxy) is 3. The van der Waals surface area contributed by atoms with Gasteiger partial charge in [0, 0.05) is 29.4 Å². The molecule has 4 heterocycles. The van der Waals surface area contributed by atoms with E-state index in [0.29, 0.717) is 40.7 Å². The molecular weight excluding hydrogens is 777 g/mol. The molecule has 6 atom stereocenters. The van der Waals surface area contributed by atoms with Crippen molar-refractivity contribution in [2.24, 2.45) is 11.8 Å². The van der Waals surface area contributed by atoms with E-state index in [1.165, 1.54) is 28.3 Å². The third-order valence-electron chi connectivity index (χ3n) is 14.5. The van der Waals surface area contributed by atoms with Crippen LogP contribution in [0.15, 0.2) is 117 Å². The normalized spacial score (nSPS) is 25.8. The molecule has 3 aliphatic heterocycles. The molecule has 1 N–H and O–H groups in total. The highest BCUT2D eigenvalue weighted by Gasteiger charge is 2.56. The summed E-state index contributed by atoms with van der Waals surface area (Å²) in [4.78, 5) is 42.7. The number of aliphatic hydroxyl groups is 1. The van der Waals surface area contributed by atoms with Gasteiger partial charge in [0.15, 0.2) is 12.2 Å². The second kappa shape index (κ2) is 17.7. The molecule has 2 bridgehead atoms. The number of hydrogen-bond acceptors (Lipinski definition) is 8. The van der Waals surface area contributed by atoms with Gasteiger partial charge in [-0.05, 0) is 135 Å². The first-order valence-electron chi connectivity index (χ1n) is 22.8. The van der Waals surface area contributed by atoms with Crippen LogP contribution >= 0.6 is 0 Å². The maximum Gasteiger partial charge on any atom is 0.336 e. The number of esters is 2. The van der Waals surface area contributed by atoms with Gasteiger partial charge in [0.1, 0.15) is 16.9 Å². The van der Waals surface area contributed by atoms with Crippen LogP contribution in [0.4, 0.5) is 0 Å². The molecule has 2 aliphatic carbocycles. The van der Waals surface area contributed by atoms with Crippen LogP contribution in [-0.4, -0.2) is 28.8 Å². The molecule has 0 spiro atoms. The van der Waals surface area contributed by atoms with Crippen molar-refractivity contribution in [2.45, 2.75) is 134 Å². The number of aryl methyl sites for hydroxylation is 1. The van der Waals surface area contributed by atoms with Crippen molar-refractivity contribution in [1.29, 1.82) is 0 Å². The highest BCUT2D eigenvalue weighted by molar-refractivity contribution is 5.90. The van der Waals surface area contributed by atoms with Crippen LogP contribution in [0.1, 0.15) is 142 Å². The molecule has 2 saturated carbocycles. The van der Waals surface area contributed by atoms with E-state index < -0.39 is 42.0 Å². The van der Waals surface area contributed by atoms with E-state index in [1.54, 1.807) is 12.1 Å². The first-order valence-corrected chi connectivity index (χ1v) is 22.8. The van der Waals surface area contributed by atoms with Crippen LogP contribution < -0.4 is 10.4 Å². The highest BCUT2D eigenvalue weighted by atomic mass is 16.6. The third kappa shape index (κ3) is 8.38. The minimum atomic E-state index is -1.15. The van der Waals surface area contributed by atoms with Crippen LogP contribution in [0, 0.1) is 11.8 Å². The lowest BCUT2D eigenvalue weighted by Crippen LogP contribution is -2.58. The van der Waals surface area contributed by atoms with Gasteiger partial charge in [0.25, 0.3) is 0 Å². The fraction of sp³-hybridized carbons (Fsp3) is 0.426. The number of aliphatic hydroxyl groups excluding tert-OH is 1. The van der Waals surface area contributed by atoms with Gasteiger partial charge in [-0.3, -0.25) is 4.79 Å². The van der Waals surface area contributed by atoms with Gasteiger partial charge in [0.05, 0.1) is 12.2 Å². The molecule has 62 heavy (non-hydrogen) atoms. The molecular formula is C54H58O8. The number of carbonyl (C=O) groups excluding carboxylic acids is 2. The van der Waals surface area contributed by atoms with Gasteiger partial charge in [-0.1, -0.05) is 104 Å². The zero-order chi connectivity index (χ0) is 43.0. The summed E-state index contributed by atoms with van der Waals surface area (Å²) in [6, 6.07) is 33.1. The van der Waals surface area contributed by atoms with Crippen molar-refractivity contribution in [3.8, 4) is 5.75 Å². The standard InChI is InChI=1S/C54H58O8/c1-33(2)43-23-19-34-17-20-37(21-18-34)44-24-22-39(38-14-10-13-36(28-38)27-35-11-6-4-7-12-35)29-40(44)30-47(56)60-51-49-46(26-25-45-41(32-55)31-48(57)59-50(45)49)62-54(3,52(51)61-53(43)58)42-15-8-5-9-16-42/h4,6-7,10-14,17-18,20-21,25-26,28,31,39-40,42,44,51-52,55H,5,8-9,15-16,19,22-24,27,29-30,32H2,1-3H3. The SMILES string of the molecule is CC(C)=C1CCc2ccc(cc2)C2CCC(c3cccc(Cc4ccccc4)c3)CC2CC(=O)OC2c3c(ccc4c(CO)cc(=O)oc34)OC(C)(C3CCCCC3)C2OC1=O. The van der Waals surface area contributed by atoms with Crippen molar-refractivity contribution in [1.82, 2.24) is 0 Å². The Morgan fingerprint density at radius 3 is 2.31 bits per heavy atom. The summed E-state index contributed by atoms with van der Waals surface area (Å²) in [5.74, 6) is -0.119. The van der Waals surface area contributed by atoms with Gasteiger partial charge >= 0.3 is 17.6 Å². The van der Waals surface area contributed by atoms with E-state index in [0.717, 1.165) is 68.9 Å². The Hall–Kier alpha value is -5.47. The van der Waals surface area contributed by atoms with Gasteiger partial charge in [0.2, 0.25) is 0 Å². The second-order valence-electron chi connectivity index (χ2n) is 18.7. The zero-order valence-electron chi connectivity index (χ0n) is 36.2. The van der Waals surface area contributed by atoms with Crippen molar-refractivity contribution >= 4 is 22.9 Å². The number of fused-ring (bicyclic) bond motifs is 11. The third-order valence-corrected chi connectivity index (χ3v) is 14.5. The Kier molecular flexibility index (Phi) is 12.0. The molecule has 6 unspecified atom stereocenters. The van der Waals surface area contributed by atoms with E-state index in [2.05, 4.69) is 72.8 Å². The first-order chi connectivity index (χ1) is 30.1. The molecule has 1 aromatic heterocycles. The maximum absolute atomic E-state index is 15.0. The van der Waals surface area contributed by atoms with Crippen LogP contribution in [-0.2, 0) is 38.5 Å². The zero-order valence-corrected chi connectivity index (χ0v) is 36.2. The number of rotatable bonds is 5. The lowest BCUT2D eigenvalue weighted by molar-refractivity contribution is -0.201. The molecule has 8 heteroatoms. The van der Waals surface area contributed by atoms with E-state index in [-0.39, 0.29) is 35.7 Å². The molecule has 0 amide bonds. The van der Waals surface area contributed by atoms with E-state index >= 15 is 0 Å². The number of allylic oxidation sites excluding steroid dienone is 1. The number of hydrogen-bond donors (Lipinski definition) is 1. The fourth-order valence-electron chi connectivity index (χ4n) is 11.2. The molecule has 2 fully saturated rings. The summed E-state index contributed by atoms with van der Waals surface area (Å²) in [6.45, 7) is 5.45. The van der Waals surface area contributed by atoms with E-state index in [9.17, 15) is 19.5 Å². The van der Waals surface area contributed by atoms with Crippen LogP contribution in [0.25, 0.3) is 11.0 Å². The summed E-state index contributed by atoms with van der Waals surface area (Å²) < 4.78 is 26.5. The average Bonchev–Trinajstić information content (AvgIpc) is 3.27. The smallest absolute Gasteiger partial charge is 0.336 e. The molecule has 0 radical (unpaired) electrons. The maximum atomic E-state index is 15.0. The number of carbonyl (C=O) groups is 2. The lowest BCUT2D eigenvalue weighted by atomic mass is 9.68. The van der Waals surface area contributed by atoms with Crippen LogP contribution in [0.3, 0.4) is 0 Å². The Morgan fingerprint density at radius 2 is 1.55 bits per heavy atom. The predicted octanol–water partition coefficient (Wildman–Crippen LogP) is 11.1. The van der Waals surface area contributed by atoms with Gasteiger partial charge < -0.3 is 23.7 Å². The van der Waals surface area contributed by atoms with Crippen LogP contribution in [0.5, 0.6) is 5.75 Å². The predicted molar refractivity (Wildman–Crippen MR) is 239 cm³/mol. The van der Waals surface area contributed by atoms with Crippen molar-refractivity contribution in [3.05, 3.63) is 158 Å². The lowest BCUT2D eigenvalue weighted by Gasteiger charge is -2.50. The molecule has 322 valence electrons. The Balaban J connectivity index is 1.14. The summed E-state index contributed by atoms with van der Waals surface area (Å²) in [6.07, 6.45) is 7.49. The van der Waals surface area contributed by atoms with E-state index in [4.69, 9.17) is 18.6 Å². The average molecular weight is 835 g/mol. The van der Waals surface area contributed by atoms with Crippen LogP contribution in [0.2, 0.25) is 0 Å². The summed E-state index contributed by atoms with van der Waals surface area (Å²) in [5.41, 5.74) is 6.75. The summed E-state index contributed by atoms with van der Waals surface area (Å²) >= 11 is 0. The molecule has 8 nitrogen and oxygen atoms in total. The Labute approximate surface area is 364 Å². The minimum absolute atomic E-state index is 0.00488. The highest BCUT2D eigenvalue weighted by Crippen LogP contribution is 2.53. The molecule has 10 rings (SSSR count). The quantitative estimate of drug-likeness (QED) is 0.106.